The smallest absolute Gasteiger partial charge is 0.237 e. The minimum atomic E-state index is -0.502. The molecule has 0 saturated heterocycles. The maximum atomic E-state index is 11.6. The van der Waals surface area contributed by atoms with Crippen molar-refractivity contribution in [1.82, 2.24) is 5.32 Å². The van der Waals surface area contributed by atoms with E-state index in [0.717, 1.165) is 11.3 Å². The second-order valence-corrected chi connectivity index (χ2v) is 5.14. The molecule has 1 aromatic carbocycles. The van der Waals surface area contributed by atoms with Gasteiger partial charge in [0.15, 0.2) is 0 Å². The number of carbonyl (C=O) groups excluding carboxylic acids is 1. The minimum absolute atomic E-state index is 0.103. The summed E-state index contributed by atoms with van der Waals surface area (Å²) in [5.74, 6) is 0.799. The normalized spacial score (nSPS) is 12.2. The Morgan fingerprint density at radius 1 is 1.47 bits per heavy atom. The molecule has 0 bridgehead atoms. The standard InChI is InChI=1S/C12H17ClN2OS/c1-17-7-6-15-12(16)11(14)8-9-2-4-10(13)5-3-9/h2-5,11H,6-8,14H2,1H3,(H,15,16)/t11-/m0/s1. The average molecular weight is 273 g/mol. The number of benzene rings is 1. The number of amides is 1. The van der Waals surface area contributed by atoms with Crippen molar-refractivity contribution in [1.29, 1.82) is 0 Å². The predicted octanol–water partition coefficient (Wildman–Crippen LogP) is 1.69. The molecule has 0 aromatic heterocycles. The maximum Gasteiger partial charge on any atom is 0.237 e. The molecule has 0 aliphatic heterocycles. The van der Waals surface area contributed by atoms with Gasteiger partial charge in [-0.15, -0.1) is 0 Å². The first-order valence-electron chi connectivity index (χ1n) is 5.40. The molecule has 3 N–H and O–H groups in total. The van der Waals surface area contributed by atoms with Crippen molar-refractivity contribution >= 4 is 29.3 Å². The molecular formula is C12H17ClN2OS. The second kappa shape index (κ2) is 7.58. The Kier molecular flexibility index (Phi) is 6.40. The van der Waals surface area contributed by atoms with Crippen LogP contribution in [0, 0.1) is 0 Å². The molecule has 1 rings (SSSR count). The summed E-state index contributed by atoms with van der Waals surface area (Å²) >= 11 is 7.47. The lowest BCUT2D eigenvalue weighted by Crippen LogP contribution is -2.42. The van der Waals surface area contributed by atoms with E-state index in [0.29, 0.717) is 18.0 Å². The lowest BCUT2D eigenvalue weighted by molar-refractivity contribution is -0.122. The molecule has 0 aliphatic carbocycles. The van der Waals surface area contributed by atoms with Gasteiger partial charge in [-0.25, -0.2) is 0 Å². The number of nitrogens with one attached hydrogen (secondary N) is 1. The number of hydrogen-bond donors (Lipinski definition) is 2. The summed E-state index contributed by atoms with van der Waals surface area (Å²) in [5, 5.41) is 3.49. The monoisotopic (exact) mass is 272 g/mol. The Bertz CT molecular complexity index is 356. The van der Waals surface area contributed by atoms with Gasteiger partial charge in [0.25, 0.3) is 0 Å². The fraction of sp³-hybridized carbons (Fsp3) is 0.417. The van der Waals surface area contributed by atoms with Gasteiger partial charge in [-0.1, -0.05) is 23.7 Å². The van der Waals surface area contributed by atoms with Gasteiger partial charge in [-0.2, -0.15) is 11.8 Å². The highest BCUT2D eigenvalue weighted by Crippen LogP contribution is 2.10. The van der Waals surface area contributed by atoms with Gasteiger partial charge < -0.3 is 11.1 Å². The van der Waals surface area contributed by atoms with E-state index in [4.69, 9.17) is 17.3 Å². The number of hydrogen-bond acceptors (Lipinski definition) is 3. The van der Waals surface area contributed by atoms with Gasteiger partial charge in [-0.3, -0.25) is 4.79 Å². The zero-order valence-corrected chi connectivity index (χ0v) is 11.4. The van der Waals surface area contributed by atoms with Crippen LogP contribution in [-0.2, 0) is 11.2 Å². The molecule has 17 heavy (non-hydrogen) atoms. The molecule has 0 radical (unpaired) electrons. The van der Waals surface area contributed by atoms with Crippen LogP contribution in [0.4, 0.5) is 0 Å². The maximum absolute atomic E-state index is 11.6. The Balaban J connectivity index is 2.40. The molecule has 0 saturated carbocycles. The van der Waals surface area contributed by atoms with E-state index in [1.165, 1.54) is 0 Å². The topological polar surface area (TPSA) is 55.1 Å². The molecule has 0 fully saturated rings. The Labute approximate surface area is 111 Å². The van der Waals surface area contributed by atoms with E-state index >= 15 is 0 Å². The lowest BCUT2D eigenvalue weighted by Gasteiger charge is -2.12. The van der Waals surface area contributed by atoms with E-state index in [2.05, 4.69) is 5.32 Å². The van der Waals surface area contributed by atoms with Crippen LogP contribution in [0.2, 0.25) is 5.02 Å². The SMILES string of the molecule is CSCCNC(=O)[C@@H](N)Cc1ccc(Cl)cc1. The first kappa shape index (κ1) is 14.4. The van der Waals surface area contributed by atoms with Crippen LogP contribution in [0.1, 0.15) is 5.56 Å². The first-order valence-corrected chi connectivity index (χ1v) is 7.17. The summed E-state index contributed by atoms with van der Waals surface area (Å²) in [6, 6.07) is 6.87. The molecule has 1 amide bonds. The third kappa shape index (κ3) is 5.44. The summed E-state index contributed by atoms with van der Waals surface area (Å²) in [6.07, 6.45) is 2.53. The van der Waals surface area contributed by atoms with Crippen molar-refractivity contribution in [2.75, 3.05) is 18.6 Å². The van der Waals surface area contributed by atoms with Gasteiger partial charge in [0.1, 0.15) is 0 Å². The molecule has 1 atom stereocenters. The second-order valence-electron chi connectivity index (χ2n) is 3.72. The highest BCUT2D eigenvalue weighted by atomic mass is 35.5. The number of carbonyl (C=O) groups is 1. The van der Waals surface area contributed by atoms with Gasteiger partial charge in [0, 0.05) is 17.3 Å². The Morgan fingerprint density at radius 3 is 2.71 bits per heavy atom. The summed E-state index contributed by atoms with van der Waals surface area (Å²) in [4.78, 5) is 11.6. The molecule has 0 heterocycles. The summed E-state index contributed by atoms with van der Waals surface area (Å²) in [6.45, 7) is 0.661. The van der Waals surface area contributed by atoms with Crippen LogP contribution in [-0.4, -0.2) is 30.5 Å². The van der Waals surface area contributed by atoms with Gasteiger partial charge in [-0.05, 0) is 30.4 Å². The van der Waals surface area contributed by atoms with E-state index < -0.39 is 6.04 Å². The summed E-state index contributed by atoms with van der Waals surface area (Å²) in [5.41, 5.74) is 6.83. The summed E-state index contributed by atoms with van der Waals surface area (Å²) < 4.78 is 0. The fourth-order valence-electron chi connectivity index (χ4n) is 1.37. The van der Waals surface area contributed by atoms with Crippen molar-refractivity contribution < 1.29 is 4.79 Å². The third-order valence-corrected chi connectivity index (χ3v) is 3.18. The van der Waals surface area contributed by atoms with Crippen LogP contribution < -0.4 is 11.1 Å². The van der Waals surface area contributed by atoms with Crippen LogP contribution >= 0.6 is 23.4 Å². The highest BCUT2D eigenvalue weighted by molar-refractivity contribution is 7.98. The molecule has 94 valence electrons. The van der Waals surface area contributed by atoms with Crippen LogP contribution in [0.3, 0.4) is 0 Å². The van der Waals surface area contributed by atoms with Crippen LogP contribution in [0.5, 0.6) is 0 Å². The van der Waals surface area contributed by atoms with Crippen molar-refractivity contribution in [2.45, 2.75) is 12.5 Å². The number of halogens is 1. The fourth-order valence-corrected chi connectivity index (χ4v) is 1.81. The van der Waals surface area contributed by atoms with Gasteiger partial charge in [0.2, 0.25) is 5.91 Å². The highest BCUT2D eigenvalue weighted by Gasteiger charge is 2.13. The zero-order chi connectivity index (χ0) is 12.7. The van der Waals surface area contributed by atoms with Crippen molar-refractivity contribution in [3.63, 3.8) is 0 Å². The summed E-state index contributed by atoms with van der Waals surface area (Å²) in [7, 11) is 0. The van der Waals surface area contributed by atoms with Crippen molar-refractivity contribution in [3.05, 3.63) is 34.9 Å². The van der Waals surface area contributed by atoms with E-state index in [-0.39, 0.29) is 5.91 Å². The van der Waals surface area contributed by atoms with E-state index in [9.17, 15) is 4.79 Å². The Hall–Kier alpha value is -0.710. The van der Waals surface area contributed by atoms with Crippen LogP contribution in [0.25, 0.3) is 0 Å². The number of rotatable bonds is 6. The van der Waals surface area contributed by atoms with Crippen molar-refractivity contribution in [3.8, 4) is 0 Å². The molecule has 0 unspecified atom stereocenters. The van der Waals surface area contributed by atoms with Crippen LogP contribution in [0.15, 0.2) is 24.3 Å². The predicted molar refractivity (Wildman–Crippen MR) is 74.5 cm³/mol. The molecule has 5 heteroatoms. The Morgan fingerprint density at radius 2 is 2.12 bits per heavy atom. The van der Waals surface area contributed by atoms with Gasteiger partial charge >= 0.3 is 0 Å². The van der Waals surface area contributed by atoms with Gasteiger partial charge in [0.05, 0.1) is 6.04 Å². The number of thioether (sulfide) groups is 1. The minimum Gasteiger partial charge on any atom is -0.354 e. The lowest BCUT2D eigenvalue weighted by atomic mass is 10.1. The van der Waals surface area contributed by atoms with E-state index in [1.54, 1.807) is 23.9 Å². The molecule has 0 spiro atoms. The molecule has 3 nitrogen and oxygen atoms in total. The number of nitrogens with two attached hydrogens (primary N) is 1. The van der Waals surface area contributed by atoms with Crippen molar-refractivity contribution in [2.24, 2.45) is 5.73 Å². The average Bonchev–Trinajstić information content (AvgIpc) is 2.32. The zero-order valence-electron chi connectivity index (χ0n) is 9.78. The molecule has 0 aliphatic rings. The molecular weight excluding hydrogens is 256 g/mol. The van der Waals surface area contributed by atoms with E-state index in [1.807, 2.05) is 18.4 Å². The molecule has 1 aromatic rings. The third-order valence-electron chi connectivity index (χ3n) is 2.31. The largest absolute Gasteiger partial charge is 0.354 e. The first-order chi connectivity index (χ1) is 8.13. The quantitative estimate of drug-likeness (QED) is 0.775.